The number of methoxy groups -OCH3 is 3. The molecule has 4 nitrogen and oxygen atoms in total. The molecule has 0 fully saturated rings. The Balaban J connectivity index is 2.06. The first-order valence-corrected chi connectivity index (χ1v) is 8.06. The molecule has 0 unspecified atom stereocenters. The zero-order valence-electron chi connectivity index (χ0n) is 14.4. The van der Waals surface area contributed by atoms with Gasteiger partial charge in [0.15, 0.2) is 0 Å². The molecule has 126 valence electrons. The predicted molar refractivity (Wildman–Crippen MR) is 100 cm³/mol. The van der Waals surface area contributed by atoms with Crippen molar-refractivity contribution in [2.24, 2.45) is 0 Å². The van der Waals surface area contributed by atoms with Crippen LogP contribution in [0.1, 0.15) is 0 Å². The second kappa shape index (κ2) is 6.06. The Morgan fingerprint density at radius 3 is 1.44 bits per heavy atom. The van der Waals surface area contributed by atoms with Crippen LogP contribution in [0, 0.1) is 0 Å². The number of benzene rings is 3. The second-order valence-electron chi connectivity index (χ2n) is 5.80. The number of ether oxygens (including phenoxy) is 3. The third-order valence-corrected chi connectivity index (χ3v) is 4.51. The molecule has 4 aromatic rings. The molecular weight excluding hydrogens is 314 g/mol. The highest BCUT2D eigenvalue weighted by Gasteiger charge is 2.14. The molecule has 0 amide bonds. The topological polar surface area (TPSA) is 32.6 Å². The van der Waals surface area contributed by atoms with E-state index in [4.69, 9.17) is 14.2 Å². The zero-order valence-corrected chi connectivity index (χ0v) is 14.4. The Labute approximate surface area is 146 Å². The molecule has 1 heterocycles. The van der Waals surface area contributed by atoms with Gasteiger partial charge in [0.1, 0.15) is 17.2 Å². The normalized spacial score (nSPS) is 11.0. The van der Waals surface area contributed by atoms with Crippen LogP contribution in [0.5, 0.6) is 17.2 Å². The maximum atomic E-state index is 5.42. The molecule has 3 aromatic carbocycles. The van der Waals surface area contributed by atoms with Gasteiger partial charge >= 0.3 is 0 Å². The fourth-order valence-electron chi connectivity index (χ4n) is 3.24. The molecule has 4 rings (SSSR count). The molecule has 4 heteroatoms. The maximum Gasteiger partial charge on any atom is 0.119 e. The highest BCUT2D eigenvalue weighted by Crippen LogP contribution is 2.36. The fourth-order valence-corrected chi connectivity index (χ4v) is 3.24. The van der Waals surface area contributed by atoms with E-state index < -0.39 is 0 Å². The van der Waals surface area contributed by atoms with Crippen molar-refractivity contribution in [2.75, 3.05) is 21.3 Å². The van der Waals surface area contributed by atoms with Gasteiger partial charge in [0, 0.05) is 16.5 Å². The summed E-state index contributed by atoms with van der Waals surface area (Å²) in [5.74, 6) is 2.51. The maximum absolute atomic E-state index is 5.42. The van der Waals surface area contributed by atoms with Gasteiger partial charge in [0.2, 0.25) is 0 Å². The standard InChI is InChI=1S/C21H19NO3/c1-23-15-6-4-14(5-7-15)22-20-10-8-16(24-2)12-18(20)19-13-17(25-3)9-11-21(19)22/h4-13H,1-3H3. The quantitative estimate of drug-likeness (QED) is 0.537. The molecule has 0 bridgehead atoms. The van der Waals surface area contributed by atoms with Crippen molar-refractivity contribution in [3.05, 3.63) is 60.7 Å². The first-order chi connectivity index (χ1) is 12.2. The molecule has 0 atom stereocenters. The van der Waals surface area contributed by atoms with Gasteiger partial charge in [0.05, 0.1) is 32.4 Å². The van der Waals surface area contributed by atoms with E-state index in [2.05, 4.69) is 41.0 Å². The zero-order chi connectivity index (χ0) is 17.4. The van der Waals surface area contributed by atoms with E-state index in [9.17, 15) is 0 Å². The first kappa shape index (κ1) is 15.4. The largest absolute Gasteiger partial charge is 0.497 e. The van der Waals surface area contributed by atoms with E-state index >= 15 is 0 Å². The summed E-state index contributed by atoms with van der Waals surface area (Å²) in [5.41, 5.74) is 3.32. The van der Waals surface area contributed by atoms with E-state index in [0.29, 0.717) is 0 Å². The average Bonchev–Trinajstić information content (AvgIpc) is 3.00. The van der Waals surface area contributed by atoms with Crippen LogP contribution in [0.2, 0.25) is 0 Å². The lowest BCUT2D eigenvalue weighted by Gasteiger charge is -2.09. The average molecular weight is 333 g/mol. The molecule has 1 aromatic heterocycles. The van der Waals surface area contributed by atoms with Crippen molar-refractivity contribution in [3.63, 3.8) is 0 Å². The highest BCUT2D eigenvalue weighted by atomic mass is 16.5. The van der Waals surface area contributed by atoms with Gasteiger partial charge < -0.3 is 18.8 Å². The number of hydrogen-bond acceptors (Lipinski definition) is 3. The monoisotopic (exact) mass is 333 g/mol. The van der Waals surface area contributed by atoms with Crippen molar-refractivity contribution in [2.45, 2.75) is 0 Å². The van der Waals surface area contributed by atoms with Crippen LogP contribution in [0.4, 0.5) is 0 Å². The Bertz CT molecular complexity index is 987. The highest BCUT2D eigenvalue weighted by molar-refractivity contribution is 6.10. The third kappa shape index (κ3) is 2.47. The van der Waals surface area contributed by atoms with Crippen LogP contribution in [0.3, 0.4) is 0 Å². The summed E-state index contributed by atoms with van der Waals surface area (Å²) in [7, 11) is 5.04. The van der Waals surface area contributed by atoms with Gasteiger partial charge in [-0.3, -0.25) is 0 Å². The van der Waals surface area contributed by atoms with Crippen molar-refractivity contribution in [3.8, 4) is 22.9 Å². The summed E-state index contributed by atoms with van der Waals surface area (Å²) < 4.78 is 18.4. The molecule has 0 aliphatic carbocycles. The molecule has 0 spiro atoms. The predicted octanol–water partition coefficient (Wildman–Crippen LogP) is 4.81. The molecule has 25 heavy (non-hydrogen) atoms. The summed E-state index contributed by atoms with van der Waals surface area (Å²) >= 11 is 0. The molecular formula is C21H19NO3. The summed E-state index contributed by atoms with van der Waals surface area (Å²) in [6.07, 6.45) is 0. The van der Waals surface area contributed by atoms with Crippen molar-refractivity contribution in [1.29, 1.82) is 0 Å². The third-order valence-electron chi connectivity index (χ3n) is 4.51. The SMILES string of the molecule is COc1ccc(-n2c3ccc(OC)cc3c3cc(OC)ccc32)cc1. The molecule has 0 aliphatic rings. The van der Waals surface area contributed by atoms with Gasteiger partial charge in [-0.1, -0.05) is 0 Å². The van der Waals surface area contributed by atoms with Crippen LogP contribution >= 0.6 is 0 Å². The lowest BCUT2D eigenvalue weighted by Crippen LogP contribution is -1.94. The molecule has 0 N–H and O–H groups in total. The Hall–Kier alpha value is -3.14. The number of rotatable bonds is 4. The Morgan fingerprint density at radius 1 is 0.560 bits per heavy atom. The van der Waals surface area contributed by atoms with E-state index in [-0.39, 0.29) is 0 Å². The van der Waals surface area contributed by atoms with E-state index in [1.54, 1.807) is 21.3 Å². The Kier molecular flexibility index (Phi) is 3.73. The van der Waals surface area contributed by atoms with Gasteiger partial charge in [-0.15, -0.1) is 0 Å². The van der Waals surface area contributed by atoms with Gasteiger partial charge in [-0.25, -0.2) is 0 Å². The van der Waals surface area contributed by atoms with E-state index in [1.165, 1.54) is 0 Å². The van der Waals surface area contributed by atoms with Crippen LogP contribution in [0.25, 0.3) is 27.5 Å². The molecule has 0 aliphatic heterocycles. The first-order valence-electron chi connectivity index (χ1n) is 8.06. The van der Waals surface area contributed by atoms with E-state index in [0.717, 1.165) is 44.7 Å². The molecule has 0 saturated carbocycles. The fraction of sp³-hybridized carbons (Fsp3) is 0.143. The van der Waals surface area contributed by atoms with Gasteiger partial charge in [0.25, 0.3) is 0 Å². The smallest absolute Gasteiger partial charge is 0.119 e. The number of fused-ring (bicyclic) bond motifs is 3. The Morgan fingerprint density at radius 2 is 1.00 bits per heavy atom. The van der Waals surface area contributed by atoms with E-state index in [1.807, 2.05) is 24.3 Å². The second-order valence-corrected chi connectivity index (χ2v) is 5.80. The van der Waals surface area contributed by atoms with Gasteiger partial charge in [-0.05, 0) is 60.7 Å². The molecule has 0 radical (unpaired) electrons. The lowest BCUT2D eigenvalue weighted by molar-refractivity contribution is 0.415. The number of aromatic nitrogens is 1. The summed E-state index contributed by atoms with van der Waals surface area (Å²) in [5, 5.41) is 2.26. The van der Waals surface area contributed by atoms with Gasteiger partial charge in [-0.2, -0.15) is 0 Å². The van der Waals surface area contributed by atoms with Crippen LogP contribution < -0.4 is 14.2 Å². The summed E-state index contributed by atoms with van der Waals surface area (Å²) in [4.78, 5) is 0. The van der Waals surface area contributed by atoms with Crippen LogP contribution in [-0.2, 0) is 0 Å². The minimum atomic E-state index is 0.837. The summed E-state index contributed by atoms with van der Waals surface area (Å²) in [6.45, 7) is 0. The minimum absolute atomic E-state index is 0.837. The van der Waals surface area contributed by atoms with Crippen molar-refractivity contribution >= 4 is 21.8 Å². The number of hydrogen-bond donors (Lipinski definition) is 0. The van der Waals surface area contributed by atoms with Crippen molar-refractivity contribution in [1.82, 2.24) is 4.57 Å². The lowest BCUT2D eigenvalue weighted by atomic mass is 10.1. The van der Waals surface area contributed by atoms with Crippen molar-refractivity contribution < 1.29 is 14.2 Å². The minimum Gasteiger partial charge on any atom is -0.497 e. The van der Waals surface area contributed by atoms with Crippen LogP contribution in [0.15, 0.2) is 60.7 Å². The number of nitrogens with zero attached hydrogens (tertiary/aromatic N) is 1. The summed E-state index contributed by atoms with van der Waals surface area (Å²) in [6, 6.07) is 20.3. The van der Waals surface area contributed by atoms with Crippen LogP contribution in [-0.4, -0.2) is 25.9 Å². The molecule has 0 saturated heterocycles.